The summed E-state index contributed by atoms with van der Waals surface area (Å²) < 4.78 is 10.7. The molecule has 3 rings (SSSR count). The minimum absolute atomic E-state index is 0.0800. The van der Waals surface area contributed by atoms with Crippen molar-refractivity contribution in [3.05, 3.63) is 98.0 Å². The normalized spacial score (nSPS) is 11.6. The fraction of sp³-hybridized carbons (Fsp3) is 0.0870. The van der Waals surface area contributed by atoms with Gasteiger partial charge in [-0.1, -0.05) is 23.2 Å². The third-order valence-corrected chi connectivity index (χ3v) is 4.91. The molecule has 0 aliphatic carbocycles. The van der Waals surface area contributed by atoms with Crippen molar-refractivity contribution in [2.24, 2.45) is 5.10 Å². The van der Waals surface area contributed by atoms with Crippen molar-refractivity contribution in [1.29, 1.82) is 0 Å². The van der Waals surface area contributed by atoms with Gasteiger partial charge in [-0.25, -0.2) is 10.2 Å². The topological polar surface area (TPSA) is 120 Å². The predicted molar refractivity (Wildman–Crippen MR) is 127 cm³/mol. The zero-order chi connectivity index (χ0) is 24.7. The molecule has 0 aliphatic heterocycles. The van der Waals surface area contributed by atoms with Crippen LogP contribution in [0.5, 0.6) is 11.5 Å². The van der Waals surface area contributed by atoms with Gasteiger partial charge in [0.05, 0.1) is 21.7 Å². The van der Waals surface area contributed by atoms with Gasteiger partial charge in [0, 0.05) is 17.2 Å². The highest BCUT2D eigenvalue weighted by Crippen LogP contribution is 2.23. The van der Waals surface area contributed by atoms with Crippen molar-refractivity contribution in [1.82, 2.24) is 5.43 Å². The average Bonchev–Trinajstić information content (AvgIpc) is 2.80. The molecule has 11 heteroatoms. The maximum Gasteiger partial charge on any atom is 0.345 e. The van der Waals surface area contributed by atoms with E-state index in [1.165, 1.54) is 55.6 Å². The van der Waals surface area contributed by atoms with Gasteiger partial charge in [-0.2, -0.15) is 5.10 Å². The van der Waals surface area contributed by atoms with Gasteiger partial charge in [0.2, 0.25) is 0 Å². The number of esters is 1. The Hall–Kier alpha value is -3.95. The molecule has 0 spiro atoms. The summed E-state index contributed by atoms with van der Waals surface area (Å²) in [7, 11) is 0. The molecule has 0 saturated heterocycles. The average molecular weight is 502 g/mol. The van der Waals surface area contributed by atoms with E-state index in [-0.39, 0.29) is 16.3 Å². The van der Waals surface area contributed by atoms with Crippen LogP contribution in [0.2, 0.25) is 10.0 Å². The number of hydrazone groups is 1. The Morgan fingerprint density at radius 3 is 2.29 bits per heavy atom. The van der Waals surface area contributed by atoms with Gasteiger partial charge in [0.25, 0.3) is 11.6 Å². The Labute approximate surface area is 204 Å². The molecule has 9 nitrogen and oxygen atoms in total. The van der Waals surface area contributed by atoms with Crippen molar-refractivity contribution in [2.75, 3.05) is 0 Å². The number of benzene rings is 3. The summed E-state index contributed by atoms with van der Waals surface area (Å²) in [6.45, 7) is 1.52. The lowest BCUT2D eigenvalue weighted by Gasteiger charge is -2.12. The first kappa shape index (κ1) is 24.7. The van der Waals surface area contributed by atoms with Crippen LogP contribution in [0.25, 0.3) is 0 Å². The lowest BCUT2D eigenvalue weighted by Crippen LogP contribution is -2.33. The van der Waals surface area contributed by atoms with E-state index in [2.05, 4.69) is 10.5 Å². The van der Waals surface area contributed by atoms with Gasteiger partial charge in [-0.3, -0.25) is 14.9 Å². The molecule has 0 bridgehead atoms. The van der Waals surface area contributed by atoms with Gasteiger partial charge >= 0.3 is 5.97 Å². The van der Waals surface area contributed by atoms with Crippen LogP contribution in [0, 0.1) is 10.1 Å². The number of nitro groups is 1. The second-order valence-electron chi connectivity index (χ2n) is 6.83. The molecule has 0 aliphatic rings. The second-order valence-corrected chi connectivity index (χ2v) is 7.67. The van der Waals surface area contributed by atoms with Crippen LogP contribution in [-0.2, 0) is 4.79 Å². The lowest BCUT2D eigenvalue weighted by atomic mass is 10.2. The van der Waals surface area contributed by atoms with Crippen LogP contribution in [0.1, 0.15) is 22.8 Å². The summed E-state index contributed by atoms with van der Waals surface area (Å²) in [4.78, 5) is 34.5. The van der Waals surface area contributed by atoms with E-state index in [1.54, 1.807) is 24.3 Å². The number of carbonyl (C=O) groups is 2. The highest BCUT2D eigenvalue weighted by atomic mass is 35.5. The Balaban J connectivity index is 1.51. The van der Waals surface area contributed by atoms with E-state index in [9.17, 15) is 19.7 Å². The smallest absolute Gasteiger partial charge is 0.345 e. The SMILES string of the molecule is C[C@@H](Oc1ccc([N+](=O)[O-])cc1)C(=O)N/N=C\c1ccc(OC(=O)c2ccc(Cl)cc2Cl)cc1. The maximum atomic E-state index is 12.3. The molecule has 3 aromatic carbocycles. The number of ether oxygens (including phenoxy) is 2. The van der Waals surface area contributed by atoms with E-state index < -0.39 is 22.9 Å². The molecule has 34 heavy (non-hydrogen) atoms. The van der Waals surface area contributed by atoms with Crippen molar-refractivity contribution < 1.29 is 24.0 Å². The van der Waals surface area contributed by atoms with Crippen LogP contribution >= 0.6 is 23.2 Å². The third-order valence-electron chi connectivity index (χ3n) is 4.36. The minimum atomic E-state index is -0.889. The number of hydrogen-bond donors (Lipinski definition) is 1. The van der Waals surface area contributed by atoms with Crippen molar-refractivity contribution in [2.45, 2.75) is 13.0 Å². The molecule has 0 unspecified atom stereocenters. The van der Waals surface area contributed by atoms with Crippen LogP contribution in [-0.4, -0.2) is 29.1 Å². The molecule has 0 heterocycles. The molecule has 174 valence electrons. The van der Waals surface area contributed by atoms with Crippen LogP contribution in [0.3, 0.4) is 0 Å². The summed E-state index contributed by atoms with van der Waals surface area (Å²) in [5.41, 5.74) is 3.08. The number of nitrogens with zero attached hydrogens (tertiary/aromatic N) is 2. The number of halogens is 2. The quantitative estimate of drug-likeness (QED) is 0.152. The number of nitro benzene ring substituents is 1. The number of carbonyl (C=O) groups excluding carboxylic acids is 2. The molecular weight excluding hydrogens is 485 g/mol. The molecule has 0 fully saturated rings. The Morgan fingerprint density at radius 2 is 1.68 bits per heavy atom. The molecule has 1 atom stereocenters. The molecule has 0 radical (unpaired) electrons. The monoisotopic (exact) mass is 501 g/mol. The first-order chi connectivity index (χ1) is 16.2. The maximum absolute atomic E-state index is 12.3. The van der Waals surface area contributed by atoms with Crippen LogP contribution < -0.4 is 14.9 Å². The van der Waals surface area contributed by atoms with E-state index >= 15 is 0 Å². The van der Waals surface area contributed by atoms with Crippen LogP contribution in [0.4, 0.5) is 5.69 Å². The molecular formula is C23H17Cl2N3O6. The fourth-order valence-corrected chi connectivity index (χ4v) is 3.09. The molecule has 1 amide bonds. The highest BCUT2D eigenvalue weighted by Gasteiger charge is 2.15. The fourth-order valence-electron chi connectivity index (χ4n) is 2.60. The Bertz CT molecular complexity index is 1230. The molecule has 3 aromatic rings. The van der Waals surface area contributed by atoms with E-state index in [1.807, 2.05) is 0 Å². The standard InChI is InChI=1S/C23H17Cl2N3O6/c1-14(33-18-9-5-17(6-10-18)28(31)32)22(29)27-26-13-15-2-7-19(8-3-15)34-23(30)20-11-4-16(24)12-21(20)25/h2-14H,1H3,(H,27,29)/b26-13-/t14-/m1/s1. The van der Waals surface area contributed by atoms with Crippen LogP contribution in [0.15, 0.2) is 71.8 Å². The largest absolute Gasteiger partial charge is 0.481 e. The van der Waals surface area contributed by atoms with Gasteiger partial charge in [0.15, 0.2) is 6.10 Å². The van der Waals surface area contributed by atoms with Crippen molar-refractivity contribution >= 4 is 47.0 Å². The number of rotatable bonds is 8. The minimum Gasteiger partial charge on any atom is -0.481 e. The van der Waals surface area contributed by atoms with Gasteiger partial charge in [0.1, 0.15) is 11.5 Å². The number of non-ortho nitro benzene ring substituents is 1. The first-order valence-corrected chi connectivity index (χ1v) is 10.5. The van der Waals surface area contributed by atoms with Crippen molar-refractivity contribution in [3.63, 3.8) is 0 Å². The highest BCUT2D eigenvalue weighted by molar-refractivity contribution is 6.36. The molecule has 1 N–H and O–H groups in total. The Morgan fingerprint density at radius 1 is 1.03 bits per heavy atom. The first-order valence-electron chi connectivity index (χ1n) is 9.74. The molecule has 0 saturated carbocycles. The van der Waals surface area contributed by atoms with E-state index in [0.29, 0.717) is 22.1 Å². The summed E-state index contributed by atoms with van der Waals surface area (Å²) >= 11 is 11.8. The summed E-state index contributed by atoms with van der Waals surface area (Å²) in [5, 5.41) is 15.1. The zero-order valence-electron chi connectivity index (χ0n) is 17.6. The number of nitrogens with one attached hydrogen (secondary N) is 1. The van der Waals surface area contributed by atoms with E-state index in [0.717, 1.165) is 0 Å². The number of amides is 1. The zero-order valence-corrected chi connectivity index (χ0v) is 19.1. The molecule has 0 aromatic heterocycles. The van der Waals surface area contributed by atoms with Crippen molar-refractivity contribution in [3.8, 4) is 11.5 Å². The van der Waals surface area contributed by atoms with Gasteiger partial charge in [-0.15, -0.1) is 0 Å². The third kappa shape index (κ3) is 6.77. The summed E-state index contributed by atoms with van der Waals surface area (Å²) in [6.07, 6.45) is 0.512. The Kier molecular flexibility index (Phi) is 8.18. The van der Waals surface area contributed by atoms with Gasteiger partial charge < -0.3 is 9.47 Å². The second kappa shape index (κ2) is 11.3. The van der Waals surface area contributed by atoms with Gasteiger partial charge in [-0.05, 0) is 67.1 Å². The predicted octanol–water partition coefficient (Wildman–Crippen LogP) is 5.04. The summed E-state index contributed by atoms with van der Waals surface area (Å²) in [6, 6.07) is 16.2. The van der Waals surface area contributed by atoms with E-state index in [4.69, 9.17) is 32.7 Å². The lowest BCUT2D eigenvalue weighted by molar-refractivity contribution is -0.384. The summed E-state index contributed by atoms with van der Waals surface area (Å²) in [5.74, 6) is -0.540. The number of hydrogen-bond acceptors (Lipinski definition) is 7.